The van der Waals surface area contributed by atoms with Gasteiger partial charge in [0.15, 0.2) is 0 Å². The SMILES string of the molecule is CC(=O)O[C@H]1O[C@@H]([C@H]2c3cccc(O)c3C(=O)c3c(O)cc(C)cc32)[C@H](O)[C@@H](O)[C@H]1O. The third kappa shape index (κ3) is 3.35. The lowest BCUT2D eigenvalue weighted by atomic mass is 9.71. The van der Waals surface area contributed by atoms with E-state index in [-0.39, 0.29) is 22.6 Å². The van der Waals surface area contributed by atoms with Crippen molar-refractivity contribution < 1.29 is 44.6 Å². The molecule has 0 saturated carbocycles. The molecule has 0 amide bonds. The predicted molar refractivity (Wildman–Crippen MR) is 105 cm³/mol. The number of ether oxygens (including phenoxy) is 2. The molecule has 4 rings (SSSR count). The van der Waals surface area contributed by atoms with Crippen molar-refractivity contribution in [2.24, 2.45) is 0 Å². The minimum Gasteiger partial charge on any atom is -0.507 e. The molecule has 1 heterocycles. The van der Waals surface area contributed by atoms with Gasteiger partial charge in [0.25, 0.3) is 0 Å². The Kier molecular flexibility index (Phi) is 5.22. The first-order valence-electron chi connectivity index (χ1n) is 9.68. The molecule has 0 aromatic heterocycles. The molecule has 31 heavy (non-hydrogen) atoms. The number of fused-ring (bicyclic) bond motifs is 2. The van der Waals surface area contributed by atoms with Crippen molar-refractivity contribution in [2.45, 2.75) is 50.5 Å². The summed E-state index contributed by atoms with van der Waals surface area (Å²) in [6.45, 7) is 2.81. The van der Waals surface area contributed by atoms with Crippen molar-refractivity contribution in [3.63, 3.8) is 0 Å². The molecule has 1 saturated heterocycles. The molecule has 0 spiro atoms. The highest BCUT2D eigenvalue weighted by molar-refractivity contribution is 6.16. The summed E-state index contributed by atoms with van der Waals surface area (Å²) in [6, 6.07) is 7.44. The number of hydrogen-bond acceptors (Lipinski definition) is 9. The second-order valence-corrected chi connectivity index (χ2v) is 7.85. The number of ketones is 1. The van der Waals surface area contributed by atoms with Crippen LogP contribution in [0.3, 0.4) is 0 Å². The van der Waals surface area contributed by atoms with Gasteiger partial charge in [0.05, 0.1) is 11.1 Å². The van der Waals surface area contributed by atoms with Gasteiger partial charge in [0.1, 0.15) is 35.9 Å². The molecule has 0 bridgehead atoms. The zero-order valence-corrected chi connectivity index (χ0v) is 16.7. The van der Waals surface area contributed by atoms with Gasteiger partial charge in [-0.15, -0.1) is 0 Å². The van der Waals surface area contributed by atoms with Gasteiger partial charge in [0, 0.05) is 12.8 Å². The molecule has 1 aliphatic carbocycles. The minimum atomic E-state index is -1.72. The van der Waals surface area contributed by atoms with Crippen LogP contribution in [0.5, 0.6) is 11.5 Å². The largest absolute Gasteiger partial charge is 0.507 e. The van der Waals surface area contributed by atoms with Crippen molar-refractivity contribution in [1.29, 1.82) is 0 Å². The topological polar surface area (TPSA) is 154 Å². The highest BCUT2D eigenvalue weighted by atomic mass is 16.7. The number of carbonyl (C=O) groups excluding carboxylic acids is 2. The predicted octanol–water partition coefficient (Wildman–Crippen LogP) is 0.453. The van der Waals surface area contributed by atoms with E-state index in [1.54, 1.807) is 19.1 Å². The number of phenolic OH excluding ortho intramolecular Hbond substituents is 2. The first-order chi connectivity index (χ1) is 14.6. The summed E-state index contributed by atoms with van der Waals surface area (Å²) in [5.41, 5.74) is 1.11. The molecule has 5 N–H and O–H groups in total. The lowest BCUT2D eigenvalue weighted by molar-refractivity contribution is -0.289. The monoisotopic (exact) mass is 430 g/mol. The first kappa shape index (κ1) is 21.3. The summed E-state index contributed by atoms with van der Waals surface area (Å²) in [6.07, 6.45) is -7.90. The molecule has 0 unspecified atom stereocenters. The fraction of sp³-hybridized carbons (Fsp3) is 0.364. The second kappa shape index (κ2) is 7.61. The van der Waals surface area contributed by atoms with E-state index in [1.807, 2.05) is 0 Å². The van der Waals surface area contributed by atoms with Crippen molar-refractivity contribution >= 4 is 11.8 Å². The molecule has 2 aliphatic rings. The molecule has 2 aromatic carbocycles. The van der Waals surface area contributed by atoms with Crippen LogP contribution in [-0.2, 0) is 14.3 Å². The highest BCUT2D eigenvalue weighted by Gasteiger charge is 2.51. The van der Waals surface area contributed by atoms with E-state index in [0.29, 0.717) is 16.7 Å². The number of aliphatic hydroxyl groups is 3. The number of aliphatic hydroxyl groups excluding tert-OH is 3. The van der Waals surface area contributed by atoms with Gasteiger partial charge in [0.2, 0.25) is 12.1 Å². The Morgan fingerprint density at radius 1 is 0.968 bits per heavy atom. The second-order valence-electron chi connectivity index (χ2n) is 7.85. The van der Waals surface area contributed by atoms with Crippen LogP contribution in [-0.4, -0.2) is 68.0 Å². The quantitative estimate of drug-likeness (QED) is 0.427. The summed E-state index contributed by atoms with van der Waals surface area (Å²) in [4.78, 5) is 24.5. The van der Waals surface area contributed by atoms with Crippen LogP contribution in [0.4, 0.5) is 0 Å². The van der Waals surface area contributed by atoms with Crippen molar-refractivity contribution in [3.05, 3.63) is 58.1 Å². The van der Waals surface area contributed by atoms with Crippen LogP contribution in [0.15, 0.2) is 30.3 Å². The van der Waals surface area contributed by atoms with E-state index in [4.69, 9.17) is 9.47 Å². The van der Waals surface area contributed by atoms with E-state index >= 15 is 0 Å². The Hall–Kier alpha value is -2.98. The molecule has 6 atom stereocenters. The Morgan fingerprint density at radius 2 is 1.65 bits per heavy atom. The van der Waals surface area contributed by atoms with Gasteiger partial charge in [-0.2, -0.15) is 0 Å². The van der Waals surface area contributed by atoms with Crippen LogP contribution >= 0.6 is 0 Å². The Balaban J connectivity index is 1.92. The average Bonchev–Trinajstić information content (AvgIpc) is 2.68. The highest BCUT2D eigenvalue weighted by Crippen LogP contribution is 2.47. The summed E-state index contributed by atoms with van der Waals surface area (Å²) in [5.74, 6) is -2.92. The molecule has 0 radical (unpaired) electrons. The number of phenols is 2. The summed E-state index contributed by atoms with van der Waals surface area (Å²) < 4.78 is 10.7. The van der Waals surface area contributed by atoms with E-state index in [1.165, 1.54) is 18.2 Å². The van der Waals surface area contributed by atoms with Gasteiger partial charge < -0.3 is 35.0 Å². The standard InChI is InChI=1S/C22H22O9/c1-8-6-11-14(21-19(28)18(27)20(29)22(31-21)30-9(2)23)10-4-3-5-12(24)15(10)17(26)16(11)13(25)7-8/h3-7,14,18-22,24-25,27-29H,1-2H3/t14-,18+,19+,20+,21-,22-/m0/s1. The number of aryl methyl sites for hydroxylation is 1. The molecule has 164 valence electrons. The maximum atomic E-state index is 13.1. The smallest absolute Gasteiger partial charge is 0.305 e. The molecule has 1 aliphatic heterocycles. The summed E-state index contributed by atoms with van der Waals surface area (Å²) >= 11 is 0. The molecule has 1 fully saturated rings. The summed E-state index contributed by atoms with van der Waals surface area (Å²) in [5, 5.41) is 52.2. The lowest BCUT2D eigenvalue weighted by Crippen LogP contribution is -2.60. The summed E-state index contributed by atoms with van der Waals surface area (Å²) in [7, 11) is 0. The Bertz CT molecular complexity index is 1060. The lowest BCUT2D eigenvalue weighted by Gasteiger charge is -2.44. The van der Waals surface area contributed by atoms with Crippen molar-refractivity contribution in [1.82, 2.24) is 0 Å². The zero-order valence-electron chi connectivity index (χ0n) is 16.7. The van der Waals surface area contributed by atoms with Crippen molar-refractivity contribution in [3.8, 4) is 11.5 Å². The van der Waals surface area contributed by atoms with Crippen LogP contribution in [0, 0.1) is 6.92 Å². The van der Waals surface area contributed by atoms with E-state index in [0.717, 1.165) is 6.92 Å². The first-order valence-corrected chi connectivity index (χ1v) is 9.68. The molecule has 2 aromatic rings. The van der Waals surface area contributed by atoms with Crippen LogP contribution in [0.2, 0.25) is 0 Å². The molecule has 9 heteroatoms. The number of rotatable bonds is 2. The van der Waals surface area contributed by atoms with Gasteiger partial charge in [-0.25, -0.2) is 0 Å². The van der Waals surface area contributed by atoms with E-state index in [2.05, 4.69) is 0 Å². The fourth-order valence-corrected chi connectivity index (χ4v) is 4.41. The minimum absolute atomic E-state index is 0.0648. The van der Waals surface area contributed by atoms with Gasteiger partial charge in [-0.05, 0) is 35.7 Å². The number of aromatic hydroxyl groups is 2. The van der Waals surface area contributed by atoms with Gasteiger partial charge >= 0.3 is 5.97 Å². The maximum absolute atomic E-state index is 13.1. The number of esters is 1. The van der Waals surface area contributed by atoms with Crippen molar-refractivity contribution in [2.75, 3.05) is 0 Å². The number of hydrogen-bond donors (Lipinski definition) is 5. The zero-order chi connectivity index (χ0) is 22.6. The van der Waals surface area contributed by atoms with E-state index in [9.17, 15) is 35.1 Å². The number of benzene rings is 2. The molecule has 9 nitrogen and oxygen atoms in total. The molecular weight excluding hydrogens is 408 g/mol. The Morgan fingerprint density at radius 3 is 2.32 bits per heavy atom. The number of carbonyl (C=O) groups is 2. The van der Waals surface area contributed by atoms with Crippen LogP contribution in [0.1, 0.15) is 45.5 Å². The van der Waals surface area contributed by atoms with Gasteiger partial charge in [-0.3, -0.25) is 9.59 Å². The maximum Gasteiger partial charge on any atom is 0.305 e. The van der Waals surface area contributed by atoms with Crippen LogP contribution in [0.25, 0.3) is 0 Å². The average molecular weight is 430 g/mol. The normalized spacial score (nSPS) is 29.8. The fourth-order valence-electron chi connectivity index (χ4n) is 4.41. The Labute approximate surface area is 177 Å². The third-order valence-electron chi connectivity index (χ3n) is 5.71. The molecular formula is C22H22O9. The van der Waals surface area contributed by atoms with E-state index < -0.39 is 48.4 Å². The third-order valence-corrected chi connectivity index (χ3v) is 5.71. The van der Waals surface area contributed by atoms with Crippen LogP contribution < -0.4 is 0 Å². The van der Waals surface area contributed by atoms with Gasteiger partial charge in [-0.1, -0.05) is 18.2 Å².